The van der Waals surface area contributed by atoms with Crippen molar-refractivity contribution in [1.29, 1.82) is 0 Å². The zero-order valence-electron chi connectivity index (χ0n) is 23.9. The van der Waals surface area contributed by atoms with Crippen molar-refractivity contribution in [2.45, 2.75) is 56.4 Å². The molecule has 2 aliphatic heterocycles. The molecule has 2 aromatic carbocycles. The topological polar surface area (TPSA) is 16.2 Å². The highest BCUT2D eigenvalue weighted by atomic mass is 35.5. The van der Waals surface area contributed by atoms with Gasteiger partial charge < -0.3 is 9.80 Å². The summed E-state index contributed by atoms with van der Waals surface area (Å²) >= 11 is 10.2. The van der Waals surface area contributed by atoms with E-state index in [-0.39, 0.29) is 0 Å². The van der Waals surface area contributed by atoms with Crippen molar-refractivity contribution in [2.24, 2.45) is 5.92 Å². The van der Waals surface area contributed by atoms with Gasteiger partial charge in [-0.3, -0.25) is 0 Å². The van der Waals surface area contributed by atoms with E-state index < -0.39 is 0 Å². The summed E-state index contributed by atoms with van der Waals surface area (Å²) < 4.78 is 7.84. The number of anilines is 1. The van der Waals surface area contributed by atoms with Gasteiger partial charge in [0.1, 0.15) is 0 Å². The predicted molar refractivity (Wildman–Crippen MR) is 171 cm³/mol. The van der Waals surface area contributed by atoms with E-state index in [0.29, 0.717) is 0 Å². The molecule has 0 amide bonds. The molecule has 2 fully saturated rings. The fourth-order valence-corrected chi connectivity index (χ4v) is 8.09. The molecule has 39 heavy (non-hydrogen) atoms. The van der Waals surface area contributed by atoms with Gasteiger partial charge in [-0.2, -0.15) is 0 Å². The van der Waals surface area contributed by atoms with Crippen LogP contribution in [-0.4, -0.2) is 84.3 Å². The van der Waals surface area contributed by atoms with Gasteiger partial charge in [0.25, 0.3) is 0 Å². The Morgan fingerprint density at radius 1 is 0.769 bits per heavy atom. The third kappa shape index (κ3) is 9.03. The zero-order valence-corrected chi connectivity index (χ0v) is 26.3. The normalized spacial score (nSPS) is 21.5. The number of rotatable bonds is 7. The van der Waals surface area contributed by atoms with Crippen molar-refractivity contribution in [1.82, 2.24) is 17.8 Å². The first-order chi connectivity index (χ1) is 19.0. The third-order valence-electron chi connectivity index (χ3n) is 8.28. The zero-order chi connectivity index (χ0) is 27.0. The highest BCUT2D eigenvalue weighted by molar-refractivity contribution is 7.97. The molecule has 1 saturated heterocycles. The predicted octanol–water partition coefficient (Wildman–Crippen LogP) is 6.92. The molecule has 0 spiro atoms. The van der Waals surface area contributed by atoms with Crippen molar-refractivity contribution < 1.29 is 0 Å². The smallest absolute Gasteiger partial charge is 0.0408 e. The number of nitrogens with zero attached hydrogens (tertiary/aromatic N) is 5. The summed E-state index contributed by atoms with van der Waals surface area (Å²) in [6, 6.07) is 15.5. The van der Waals surface area contributed by atoms with Crippen molar-refractivity contribution in [3.05, 3.63) is 58.6 Å². The van der Waals surface area contributed by atoms with Crippen molar-refractivity contribution in [2.75, 3.05) is 71.4 Å². The van der Waals surface area contributed by atoms with Crippen LogP contribution in [0.1, 0.15) is 49.7 Å². The number of benzene rings is 2. The quantitative estimate of drug-likeness (QED) is 0.322. The number of halogens is 1. The summed E-state index contributed by atoms with van der Waals surface area (Å²) in [5.41, 5.74) is 4.11. The van der Waals surface area contributed by atoms with E-state index in [1.54, 1.807) is 0 Å². The molecule has 1 saturated carbocycles. The van der Waals surface area contributed by atoms with Gasteiger partial charge in [0, 0.05) is 87.6 Å². The Hall–Kier alpha value is -0.930. The lowest BCUT2D eigenvalue weighted by atomic mass is 9.85. The Kier molecular flexibility index (Phi) is 11.2. The average molecular weight is 588 g/mol. The van der Waals surface area contributed by atoms with E-state index in [1.807, 2.05) is 30.1 Å². The molecule has 5 nitrogen and oxygen atoms in total. The molecule has 0 atom stereocenters. The summed E-state index contributed by atoms with van der Waals surface area (Å²) in [6.45, 7) is 10.4. The minimum Gasteiger partial charge on any atom is -0.378 e. The third-order valence-corrected chi connectivity index (χ3v) is 10.8. The molecule has 1 aliphatic carbocycles. The monoisotopic (exact) mass is 587 g/mol. The Labute approximate surface area is 250 Å². The van der Waals surface area contributed by atoms with Crippen molar-refractivity contribution in [3.63, 3.8) is 0 Å². The second kappa shape index (κ2) is 14.8. The van der Waals surface area contributed by atoms with Crippen LogP contribution in [0.15, 0.2) is 47.4 Å². The molecule has 2 aromatic rings. The van der Waals surface area contributed by atoms with Gasteiger partial charge in [0.2, 0.25) is 0 Å². The van der Waals surface area contributed by atoms with Crippen LogP contribution < -0.4 is 4.90 Å². The summed E-state index contributed by atoms with van der Waals surface area (Å²) in [7, 11) is 4.21. The van der Waals surface area contributed by atoms with Gasteiger partial charge in [0.15, 0.2) is 0 Å². The maximum absolute atomic E-state index is 6.26. The summed E-state index contributed by atoms with van der Waals surface area (Å²) in [5.74, 6) is 0.936. The SMILES string of the molecule is CN(C)c1ccc(SN2CCCN(CC3CCC3)CCCN(SN3CCc4cc(Cl)ccc4C3)CCC2)cc1. The van der Waals surface area contributed by atoms with Crippen LogP contribution in [0.5, 0.6) is 0 Å². The molecule has 0 unspecified atom stereocenters. The number of hydrogen-bond donors (Lipinski definition) is 0. The van der Waals surface area contributed by atoms with E-state index >= 15 is 0 Å². The maximum atomic E-state index is 6.26. The fraction of sp³-hybridized carbons (Fsp3) is 0.613. The molecule has 0 N–H and O–H groups in total. The minimum atomic E-state index is 0.862. The van der Waals surface area contributed by atoms with E-state index in [4.69, 9.17) is 11.6 Å². The fourth-order valence-electron chi connectivity index (χ4n) is 5.78. The van der Waals surface area contributed by atoms with E-state index in [0.717, 1.165) is 56.6 Å². The Balaban J connectivity index is 1.21. The summed E-state index contributed by atoms with van der Waals surface area (Å²) in [5, 5.41) is 0.862. The molecule has 5 rings (SSSR count). The lowest BCUT2D eigenvalue weighted by molar-refractivity contribution is 0.167. The number of hydrogen-bond acceptors (Lipinski definition) is 7. The van der Waals surface area contributed by atoms with Gasteiger partial charge >= 0.3 is 0 Å². The lowest BCUT2D eigenvalue weighted by Gasteiger charge is -2.35. The van der Waals surface area contributed by atoms with Crippen molar-refractivity contribution >= 4 is 41.4 Å². The second-order valence-corrected chi connectivity index (χ2v) is 14.4. The second-order valence-electron chi connectivity index (χ2n) is 11.6. The first-order valence-electron chi connectivity index (χ1n) is 14.9. The first kappa shape index (κ1) is 29.6. The standard InChI is InChI=1S/C31H46ClN5S2/c1-33(2)30-11-13-31(14-12-30)38-35-18-4-16-34(24-26-7-3-8-26)17-5-20-36(21-6-19-35)39-37-22-15-27-23-29(32)10-9-28(27)25-37/h9-14,23,26H,3-8,15-22,24-25H2,1-2H3. The largest absolute Gasteiger partial charge is 0.378 e. The van der Waals surface area contributed by atoms with Crippen LogP contribution in [0.4, 0.5) is 5.69 Å². The minimum absolute atomic E-state index is 0.862. The molecule has 2 heterocycles. The van der Waals surface area contributed by atoms with Crippen LogP contribution in [0.3, 0.4) is 0 Å². The van der Waals surface area contributed by atoms with Gasteiger partial charge in [-0.25, -0.2) is 12.9 Å². The highest BCUT2D eigenvalue weighted by Crippen LogP contribution is 2.31. The van der Waals surface area contributed by atoms with E-state index in [1.165, 1.54) is 79.9 Å². The Morgan fingerprint density at radius 2 is 1.46 bits per heavy atom. The van der Waals surface area contributed by atoms with E-state index in [9.17, 15) is 0 Å². The van der Waals surface area contributed by atoms with Gasteiger partial charge in [0.05, 0.1) is 0 Å². The molecule has 214 valence electrons. The Bertz CT molecular complexity index is 1030. The highest BCUT2D eigenvalue weighted by Gasteiger charge is 2.23. The van der Waals surface area contributed by atoms with Crippen LogP contribution in [0.2, 0.25) is 5.02 Å². The van der Waals surface area contributed by atoms with Crippen LogP contribution >= 0.6 is 35.7 Å². The van der Waals surface area contributed by atoms with Gasteiger partial charge in [-0.15, -0.1) is 0 Å². The molecular weight excluding hydrogens is 542 g/mol. The van der Waals surface area contributed by atoms with Gasteiger partial charge in [-0.1, -0.05) is 24.1 Å². The molecule has 0 bridgehead atoms. The molecule has 8 heteroatoms. The molecular formula is C31H46ClN5S2. The average Bonchev–Trinajstić information content (AvgIpc) is 2.89. The first-order valence-corrected chi connectivity index (χ1v) is 16.8. The molecule has 0 radical (unpaired) electrons. The van der Waals surface area contributed by atoms with Crippen LogP contribution in [0.25, 0.3) is 0 Å². The molecule has 3 aliphatic rings. The summed E-state index contributed by atoms with van der Waals surface area (Å²) in [4.78, 5) is 6.30. The number of fused-ring (bicyclic) bond motifs is 1. The van der Waals surface area contributed by atoms with Crippen molar-refractivity contribution in [3.8, 4) is 0 Å². The summed E-state index contributed by atoms with van der Waals surface area (Å²) in [6.07, 6.45) is 9.10. The van der Waals surface area contributed by atoms with Crippen LogP contribution in [-0.2, 0) is 13.0 Å². The van der Waals surface area contributed by atoms with Gasteiger partial charge in [-0.05, 0) is 117 Å². The molecule has 0 aromatic heterocycles. The maximum Gasteiger partial charge on any atom is 0.0408 e. The Morgan fingerprint density at radius 3 is 2.13 bits per heavy atom. The van der Waals surface area contributed by atoms with E-state index in [2.05, 4.69) is 73.2 Å². The lowest BCUT2D eigenvalue weighted by Crippen LogP contribution is -2.38. The van der Waals surface area contributed by atoms with Crippen LogP contribution in [0, 0.1) is 5.92 Å².